The van der Waals surface area contributed by atoms with Gasteiger partial charge < -0.3 is 20.1 Å². The lowest BCUT2D eigenvalue weighted by Crippen LogP contribution is -2.30. The Hall–Kier alpha value is -3.87. The predicted octanol–water partition coefficient (Wildman–Crippen LogP) is 6.08. The zero-order valence-corrected chi connectivity index (χ0v) is 19.9. The number of hydrogen-bond donors (Lipinski definition) is 3. The molecule has 0 radical (unpaired) electrons. The van der Waals surface area contributed by atoms with Gasteiger partial charge in [-0.15, -0.1) is 0 Å². The summed E-state index contributed by atoms with van der Waals surface area (Å²) < 4.78 is 2.15. The minimum atomic E-state index is -1.83. The van der Waals surface area contributed by atoms with Crippen LogP contribution in [-0.4, -0.2) is 38.4 Å². The molecule has 0 spiro atoms. The van der Waals surface area contributed by atoms with E-state index >= 15 is 0 Å². The van der Waals surface area contributed by atoms with Gasteiger partial charge in [-0.2, -0.15) is 0 Å². The summed E-state index contributed by atoms with van der Waals surface area (Å²) in [6.07, 6.45) is 8.53. The molecule has 182 valence electrons. The average Bonchev–Trinajstić information content (AvgIpc) is 3.24. The molecule has 7 heteroatoms. The first-order valence-corrected chi connectivity index (χ1v) is 12.0. The van der Waals surface area contributed by atoms with Crippen LogP contribution in [0.5, 0.6) is 0 Å². The number of carbonyl (C=O) groups excluding carboxylic acids is 1. The number of carboxylic acid groups (broad SMARTS) is 2. The van der Waals surface area contributed by atoms with Crippen molar-refractivity contribution in [3.05, 3.63) is 77.7 Å². The van der Waals surface area contributed by atoms with Crippen molar-refractivity contribution in [3.63, 3.8) is 0 Å². The zero-order chi connectivity index (χ0) is 24.8. The Labute approximate surface area is 204 Å². The van der Waals surface area contributed by atoms with Gasteiger partial charge in [-0.1, -0.05) is 43.5 Å². The summed E-state index contributed by atoms with van der Waals surface area (Å²) in [5, 5.41) is 20.6. The van der Waals surface area contributed by atoms with Gasteiger partial charge in [0.05, 0.1) is 23.3 Å². The smallest absolute Gasteiger partial charge is 0.450 e. The van der Waals surface area contributed by atoms with Crippen LogP contribution < -0.4 is 5.32 Å². The highest BCUT2D eigenvalue weighted by Gasteiger charge is 2.18. The summed E-state index contributed by atoms with van der Waals surface area (Å²) in [6.45, 7) is 3.47. The number of fused-ring (bicyclic) bond motifs is 2. The molecule has 2 aromatic carbocycles. The first kappa shape index (κ1) is 24.3. The molecule has 35 heavy (non-hydrogen) atoms. The molecule has 1 aliphatic carbocycles. The van der Waals surface area contributed by atoms with Crippen LogP contribution in [0.2, 0.25) is 0 Å². The van der Waals surface area contributed by atoms with Crippen molar-refractivity contribution in [3.8, 4) is 0 Å². The lowest BCUT2D eigenvalue weighted by molar-refractivity contribution is 0.0944. The van der Waals surface area contributed by atoms with Crippen molar-refractivity contribution in [2.45, 2.75) is 45.6 Å². The van der Waals surface area contributed by atoms with Crippen molar-refractivity contribution in [1.29, 1.82) is 0 Å². The van der Waals surface area contributed by atoms with E-state index in [1.807, 2.05) is 18.3 Å². The fraction of sp³-hybridized carbons (Fsp3) is 0.321. The van der Waals surface area contributed by atoms with E-state index in [0.29, 0.717) is 12.5 Å². The van der Waals surface area contributed by atoms with Gasteiger partial charge in [0.1, 0.15) is 0 Å². The lowest BCUT2D eigenvalue weighted by atomic mass is 9.89. The van der Waals surface area contributed by atoms with Crippen LogP contribution in [0, 0.1) is 12.8 Å². The number of nitrogens with zero attached hydrogens (tertiary/aromatic N) is 2. The van der Waals surface area contributed by atoms with Gasteiger partial charge in [-0.3, -0.25) is 9.78 Å². The second kappa shape index (κ2) is 11.0. The number of aryl methyl sites for hydroxylation is 1. The minimum absolute atomic E-state index is 0.0331. The summed E-state index contributed by atoms with van der Waals surface area (Å²) in [7, 11) is 0. The fourth-order valence-electron chi connectivity index (χ4n) is 4.92. The van der Waals surface area contributed by atoms with Crippen LogP contribution in [-0.2, 0) is 6.54 Å². The molecule has 2 heterocycles. The monoisotopic (exact) mass is 473 g/mol. The summed E-state index contributed by atoms with van der Waals surface area (Å²) in [6, 6.07) is 16.7. The molecule has 0 aliphatic heterocycles. The number of nitrogens with one attached hydrogen (secondary N) is 1. The number of benzene rings is 2. The summed E-state index contributed by atoms with van der Waals surface area (Å²) in [5.74, 6) is 0.650. The van der Waals surface area contributed by atoms with E-state index < -0.39 is 6.16 Å². The fourth-order valence-corrected chi connectivity index (χ4v) is 4.92. The van der Waals surface area contributed by atoms with Crippen LogP contribution in [0.3, 0.4) is 0 Å². The van der Waals surface area contributed by atoms with Crippen molar-refractivity contribution in [2.24, 2.45) is 5.92 Å². The molecule has 0 saturated heterocycles. The van der Waals surface area contributed by atoms with Crippen molar-refractivity contribution < 1.29 is 19.8 Å². The molecule has 1 aliphatic rings. The highest BCUT2D eigenvalue weighted by atomic mass is 16.6. The number of aromatic nitrogens is 2. The molecular formula is C28H31N3O4. The molecule has 1 saturated carbocycles. The first-order valence-electron chi connectivity index (χ1n) is 12.0. The maximum absolute atomic E-state index is 13.2. The zero-order valence-electron chi connectivity index (χ0n) is 19.9. The average molecular weight is 474 g/mol. The Morgan fingerprint density at radius 2 is 1.71 bits per heavy atom. The number of amides is 1. The quantitative estimate of drug-likeness (QED) is 0.326. The van der Waals surface area contributed by atoms with Crippen molar-refractivity contribution in [1.82, 2.24) is 14.9 Å². The molecule has 3 N–H and O–H groups in total. The third-order valence-corrected chi connectivity index (χ3v) is 6.55. The van der Waals surface area contributed by atoms with E-state index in [2.05, 4.69) is 64.4 Å². The molecule has 5 rings (SSSR count). The molecule has 2 aromatic heterocycles. The second-order valence-corrected chi connectivity index (χ2v) is 9.21. The lowest BCUT2D eigenvalue weighted by Gasteiger charge is -2.22. The number of pyridine rings is 1. The normalized spacial score (nSPS) is 13.9. The molecular weight excluding hydrogens is 442 g/mol. The number of rotatable bonds is 5. The summed E-state index contributed by atoms with van der Waals surface area (Å²) in [5.41, 5.74) is 3.85. The number of hydrogen-bond acceptors (Lipinski definition) is 3. The summed E-state index contributed by atoms with van der Waals surface area (Å²) in [4.78, 5) is 26.4. The van der Waals surface area contributed by atoms with E-state index in [9.17, 15) is 4.79 Å². The Morgan fingerprint density at radius 1 is 1.00 bits per heavy atom. The largest absolute Gasteiger partial charge is 0.503 e. The Kier molecular flexibility index (Phi) is 7.65. The Morgan fingerprint density at radius 3 is 2.46 bits per heavy atom. The van der Waals surface area contributed by atoms with E-state index in [4.69, 9.17) is 15.0 Å². The number of carbonyl (C=O) groups is 2. The molecule has 4 aromatic rings. The van der Waals surface area contributed by atoms with Gasteiger partial charge >= 0.3 is 6.16 Å². The van der Waals surface area contributed by atoms with Gasteiger partial charge in [-0.25, -0.2) is 4.79 Å². The molecule has 1 fully saturated rings. The van der Waals surface area contributed by atoms with Gasteiger partial charge in [-0.05, 0) is 60.9 Å². The van der Waals surface area contributed by atoms with E-state index in [-0.39, 0.29) is 5.91 Å². The first-order chi connectivity index (χ1) is 16.9. The van der Waals surface area contributed by atoms with E-state index in [0.717, 1.165) is 39.7 Å². The van der Waals surface area contributed by atoms with Crippen LogP contribution in [0.4, 0.5) is 4.79 Å². The van der Waals surface area contributed by atoms with Crippen LogP contribution in [0.1, 0.15) is 53.7 Å². The second-order valence-electron chi connectivity index (χ2n) is 9.21. The third-order valence-electron chi connectivity index (χ3n) is 6.55. The van der Waals surface area contributed by atoms with Gasteiger partial charge in [0.2, 0.25) is 0 Å². The van der Waals surface area contributed by atoms with Crippen molar-refractivity contribution in [2.75, 3.05) is 6.54 Å². The van der Waals surface area contributed by atoms with E-state index in [1.165, 1.54) is 37.5 Å². The topological polar surface area (TPSA) is 104 Å². The predicted molar refractivity (Wildman–Crippen MR) is 137 cm³/mol. The maximum atomic E-state index is 13.2. The summed E-state index contributed by atoms with van der Waals surface area (Å²) >= 11 is 0. The van der Waals surface area contributed by atoms with Crippen molar-refractivity contribution >= 4 is 33.7 Å². The third kappa shape index (κ3) is 6.18. The molecule has 0 atom stereocenters. The SMILES string of the molecule is Cc1cc(C(=O)NCC2CCCCC2)c2c(ccn2Cc2cc3ccccc3cn2)c1.O=C(O)O. The van der Waals surface area contributed by atoms with Gasteiger partial charge in [0.25, 0.3) is 5.91 Å². The molecule has 0 bridgehead atoms. The van der Waals surface area contributed by atoms with Crippen LogP contribution in [0.25, 0.3) is 21.7 Å². The molecule has 1 amide bonds. The molecule has 7 nitrogen and oxygen atoms in total. The van der Waals surface area contributed by atoms with Gasteiger partial charge in [0.15, 0.2) is 0 Å². The Bertz CT molecular complexity index is 1330. The highest BCUT2D eigenvalue weighted by Crippen LogP contribution is 2.26. The highest BCUT2D eigenvalue weighted by molar-refractivity contribution is 6.06. The van der Waals surface area contributed by atoms with E-state index in [1.54, 1.807) is 0 Å². The van der Waals surface area contributed by atoms with Crippen LogP contribution >= 0.6 is 0 Å². The minimum Gasteiger partial charge on any atom is -0.450 e. The maximum Gasteiger partial charge on any atom is 0.503 e. The van der Waals surface area contributed by atoms with Crippen LogP contribution in [0.15, 0.2) is 60.9 Å². The molecule has 0 unspecified atom stereocenters. The standard InChI is InChI=1S/C27H29N3O.CH2O3/c1-19-13-22-11-12-30(18-24-15-21-9-5-6-10-23(21)17-28-24)26(22)25(14-19)27(31)29-16-20-7-3-2-4-8-20;2-1(3)4/h5-6,9-15,17,20H,2-4,7-8,16,18H2,1H3,(H,29,31);(H2,2,3,4). The Balaban J connectivity index is 0.000000672. The van der Waals surface area contributed by atoms with Gasteiger partial charge in [0, 0.05) is 29.7 Å².